The fourth-order valence-corrected chi connectivity index (χ4v) is 4.35. The van der Waals surface area contributed by atoms with E-state index in [1.807, 2.05) is 60.4 Å². The number of amides is 1. The third-order valence-electron chi connectivity index (χ3n) is 5.82. The van der Waals surface area contributed by atoms with Crippen molar-refractivity contribution in [3.63, 3.8) is 0 Å². The largest absolute Gasteiger partial charge is 0.489 e. The predicted octanol–water partition coefficient (Wildman–Crippen LogP) is 4.92. The van der Waals surface area contributed by atoms with Gasteiger partial charge in [0, 0.05) is 37.8 Å². The zero-order valence-electron chi connectivity index (χ0n) is 18.2. The third-order valence-corrected chi connectivity index (χ3v) is 5.82. The van der Waals surface area contributed by atoms with E-state index in [9.17, 15) is 4.79 Å². The van der Waals surface area contributed by atoms with Crippen LogP contribution >= 0.6 is 0 Å². The molecule has 156 valence electrons. The first-order chi connectivity index (χ1) is 14.0. The molecule has 0 saturated carbocycles. The molecule has 3 unspecified atom stereocenters. The number of nitrogens with zero attached hydrogens (tertiary/aromatic N) is 2. The summed E-state index contributed by atoms with van der Waals surface area (Å²) in [7, 11) is 0. The van der Waals surface area contributed by atoms with Crippen molar-refractivity contribution in [2.24, 2.45) is 5.92 Å². The van der Waals surface area contributed by atoms with Gasteiger partial charge < -0.3 is 9.64 Å². The summed E-state index contributed by atoms with van der Waals surface area (Å²) >= 11 is 0. The molecule has 0 spiro atoms. The highest BCUT2D eigenvalue weighted by Crippen LogP contribution is 2.28. The first-order valence-corrected chi connectivity index (χ1v) is 10.8. The lowest BCUT2D eigenvalue weighted by Gasteiger charge is -2.43. The fraction of sp³-hybridized carbons (Fsp3) is 0.480. The van der Waals surface area contributed by atoms with E-state index < -0.39 is 0 Å². The molecule has 0 aliphatic carbocycles. The van der Waals surface area contributed by atoms with Crippen LogP contribution in [0, 0.1) is 12.8 Å². The summed E-state index contributed by atoms with van der Waals surface area (Å²) in [6.07, 6.45) is 1.64. The minimum Gasteiger partial charge on any atom is -0.489 e. The van der Waals surface area contributed by atoms with Crippen LogP contribution in [0.3, 0.4) is 0 Å². The number of hydrogen-bond acceptors (Lipinski definition) is 3. The Morgan fingerprint density at radius 1 is 1.17 bits per heavy atom. The number of hydrogen-bond donors (Lipinski definition) is 0. The number of para-hydroxylation sites is 2. The zero-order chi connectivity index (χ0) is 20.8. The maximum atomic E-state index is 12.7. The smallest absolute Gasteiger partial charge is 0.226 e. The number of benzene rings is 2. The highest BCUT2D eigenvalue weighted by molar-refractivity contribution is 5.93. The van der Waals surface area contributed by atoms with Gasteiger partial charge in [-0.2, -0.15) is 0 Å². The second kappa shape index (κ2) is 9.93. The number of ether oxygens (including phenoxy) is 1. The average Bonchev–Trinajstić information content (AvgIpc) is 2.72. The van der Waals surface area contributed by atoms with Gasteiger partial charge in [0.25, 0.3) is 0 Å². The molecule has 2 aromatic rings. The summed E-state index contributed by atoms with van der Waals surface area (Å²) in [5.41, 5.74) is 2.18. The number of carbonyl (C=O) groups is 1. The van der Waals surface area contributed by atoms with E-state index in [4.69, 9.17) is 4.74 Å². The number of carbonyl (C=O) groups excluding carboxylic acids is 1. The SMILES string of the molecule is CCC(=O)N(c1ccccc1)C1CCN(CC(C)Oc2ccccc2C)CC1C. The molecule has 0 aromatic heterocycles. The Morgan fingerprint density at radius 2 is 1.86 bits per heavy atom. The summed E-state index contributed by atoms with van der Waals surface area (Å²) in [5, 5.41) is 0. The first kappa shape index (κ1) is 21.4. The van der Waals surface area contributed by atoms with Crippen LogP contribution in [0.2, 0.25) is 0 Å². The zero-order valence-corrected chi connectivity index (χ0v) is 18.2. The van der Waals surface area contributed by atoms with Gasteiger partial charge in [0.05, 0.1) is 0 Å². The molecule has 1 heterocycles. The Morgan fingerprint density at radius 3 is 2.52 bits per heavy atom. The molecular formula is C25H34N2O2. The van der Waals surface area contributed by atoms with Gasteiger partial charge in [0.1, 0.15) is 11.9 Å². The van der Waals surface area contributed by atoms with Gasteiger partial charge in [0.2, 0.25) is 5.91 Å². The average molecular weight is 395 g/mol. The molecule has 1 saturated heterocycles. The molecule has 3 rings (SSSR count). The Balaban J connectivity index is 1.62. The second-order valence-corrected chi connectivity index (χ2v) is 8.24. The van der Waals surface area contributed by atoms with Gasteiger partial charge in [-0.05, 0) is 49.9 Å². The Labute approximate surface area is 175 Å². The van der Waals surface area contributed by atoms with Crippen LogP contribution in [-0.4, -0.2) is 42.6 Å². The van der Waals surface area contributed by atoms with Crippen molar-refractivity contribution in [2.75, 3.05) is 24.5 Å². The molecule has 1 aliphatic heterocycles. The number of aryl methyl sites for hydroxylation is 1. The van der Waals surface area contributed by atoms with E-state index in [0.29, 0.717) is 12.3 Å². The molecule has 1 fully saturated rings. The van der Waals surface area contributed by atoms with Crippen molar-refractivity contribution in [2.45, 2.75) is 52.7 Å². The monoisotopic (exact) mass is 394 g/mol. The van der Waals surface area contributed by atoms with E-state index in [1.54, 1.807) is 0 Å². The van der Waals surface area contributed by atoms with Crippen LogP contribution in [0.5, 0.6) is 5.75 Å². The van der Waals surface area contributed by atoms with Gasteiger partial charge in [-0.25, -0.2) is 0 Å². The lowest BCUT2D eigenvalue weighted by atomic mass is 9.91. The Kier molecular flexibility index (Phi) is 7.32. The molecule has 0 bridgehead atoms. The van der Waals surface area contributed by atoms with Crippen LogP contribution in [0.25, 0.3) is 0 Å². The van der Waals surface area contributed by atoms with Gasteiger partial charge >= 0.3 is 0 Å². The normalized spacial score (nSPS) is 20.8. The van der Waals surface area contributed by atoms with Gasteiger partial charge in [0.15, 0.2) is 0 Å². The van der Waals surface area contributed by atoms with Crippen molar-refractivity contribution in [3.8, 4) is 5.75 Å². The quantitative estimate of drug-likeness (QED) is 0.668. The third kappa shape index (κ3) is 5.39. The maximum Gasteiger partial charge on any atom is 0.226 e. The van der Waals surface area contributed by atoms with Crippen molar-refractivity contribution < 1.29 is 9.53 Å². The maximum absolute atomic E-state index is 12.7. The number of rotatable bonds is 7. The molecule has 4 nitrogen and oxygen atoms in total. The molecule has 2 aromatic carbocycles. The minimum atomic E-state index is 0.127. The molecule has 0 N–H and O–H groups in total. The minimum absolute atomic E-state index is 0.127. The van der Waals surface area contributed by atoms with Crippen LogP contribution < -0.4 is 9.64 Å². The van der Waals surface area contributed by atoms with E-state index in [1.165, 1.54) is 5.56 Å². The number of piperidine rings is 1. The first-order valence-electron chi connectivity index (χ1n) is 10.8. The van der Waals surface area contributed by atoms with Crippen molar-refractivity contribution in [1.29, 1.82) is 0 Å². The summed E-state index contributed by atoms with van der Waals surface area (Å²) in [4.78, 5) is 17.3. The summed E-state index contributed by atoms with van der Waals surface area (Å²) in [5.74, 6) is 1.58. The van der Waals surface area contributed by atoms with Crippen molar-refractivity contribution in [1.82, 2.24) is 4.90 Å². The molecule has 29 heavy (non-hydrogen) atoms. The standard InChI is InChI=1S/C25H34N2O2/c1-5-25(28)27(22-12-7-6-8-13-22)23-15-16-26(17-20(23)3)18-21(4)29-24-14-10-9-11-19(24)2/h6-14,20-21,23H,5,15-18H2,1-4H3. The highest BCUT2D eigenvalue weighted by Gasteiger charge is 2.34. The lowest BCUT2D eigenvalue weighted by Crippen LogP contribution is -2.53. The summed E-state index contributed by atoms with van der Waals surface area (Å²) in [6, 6.07) is 18.5. The number of anilines is 1. The van der Waals surface area contributed by atoms with E-state index >= 15 is 0 Å². The fourth-order valence-electron chi connectivity index (χ4n) is 4.35. The summed E-state index contributed by atoms with van der Waals surface area (Å²) < 4.78 is 6.18. The molecule has 1 amide bonds. The topological polar surface area (TPSA) is 32.8 Å². The van der Waals surface area contributed by atoms with Crippen molar-refractivity contribution >= 4 is 11.6 Å². The van der Waals surface area contributed by atoms with Crippen molar-refractivity contribution in [3.05, 3.63) is 60.2 Å². The van der Waals surface area contributed by atoms with E-state index in [-0.39, 0.29) is 18.1 Å². The van der Waals surface area contributed by atoms with Crippen LogP contribution in [0.1, 0.15) is 39.2 Å². The molecule has 1 aliphatic rings. The van der Waals surface area contributed by atoms with Crippen LogP contribution in [-0.2, 0) is 4.79 Å². The molecule has 4 heteroatoms. The van der Waals surface area contributed by atoms with E-state index in [2.05, 4.69) is 31.7 Å². The molecule has 3 atom stereocenters. The summed E-state index contributed by atoms with van der Waals surface area (Å²) in [6.45, 7) is 11.3. The Bertz CT molecular complexity index is 792. The van der Waals surface area contributed by atoms with Gasteiger partial charge in [-0.1, -0.05) is 50.2 Å². The molecule has 0 radical (unpaired) electrons. The van der Waals surface area contributed by atoms with Crippen LogP contribution in [0.4, 0.5) is 5.69 Å². The van der Waals surface area contributed by atoms with Gasteiger partial charge in [-0.3, -0.25) is 9.69 Å². The lowest BCUT2D eigenvalue weighted by molar-refractivity contribution is -0.119. The highest BCUT2D eigenvalue weighted by atomic mass is 16.5. The Hall–Kier alpha value is -2.33. The predicted molar refractivity (Wildman–Crippen MR) is 119 cm³/mol. The number of likely N-dealkylation sites (tertiary alicyclic amines) is 1. The van der Waals surface area contributed by atoms with Gasteiger partial charge in [-0.15, -0.1) is 0 Å². The van der Waals surface area contributed by atoms with E-state index in [0.717, 1.165) is 37.5 Å². The molecular weight excluding hydrogens is 360 g/mol. The second-order valence-electron chi connectivity index (χ2n) is 8.24. The van der Waals surface area contributed by atoms with Crippen LogP contribution in [0.15, 0.2) is 54.6 Å².